The molecule has 70 valence electrons. The molecule has 0 amide bonds. The zero-order valence-electron chi connectivity index (χ0n) is 6.92. The molecule has 0 fully saturated rings. The first-order chi connectivity index (χ1) is 6.09. The van der Waals surface area contributed by atoms with Crippen molar-refractivity contribution in [1.29, 1.82) is 0 Å². The number of carbonyl (C=O) groups excluding carboxylic acids is 1. The van der Waals surface area contributed by atoms with E-state index in [1.54, 1.807) is 0 Å². The summed E-state index contributed by atoms with van der Waals surface area (Å²) in [7, 11) is 0. The molecule has 0 aliphatic carbocycles. The maximum absolute atomic E-state index is 10.9. The van der Waals surface area contributed by atoms with E-state index in [2.05, 4.69) is 4.98 Å². The molecule has 0 saturated carbocycles. The highest BCUT2D eigenvalue weighted by Gasteiger charge is 2.01. The number of H-pyrrole nitrogens is 2. The normalized spacial score (nSPS) is 9.62. The monoisotopic (exact) mass is 184 g/mol. The van der Waals surface area contributed by atoms with E-state index in [9.17, 15) is 14.4 Å². The highest BCUT2D eigenvalue weighted by Crippen LogP contribution is 1.95. The molecule has 0 bridgehead atoms. The van der Waals surface area contributed by atoms with Crippen LogP contribution in [0, 0.1) is 0 Å². The van der Waals surface area contributed by atoms with E-state index in [4.69, 9.17) is 4.74 Å². The molecule has 1 aromatic heterocycles. The third-order valence-corrected chi connectivity index (χ3v) is 1.22. The fourth-order valence-electron chi connectivity index (χ4n) is 0.684. The maximum atomic E-state index is 10.9. The highest BCUT2D eigenvalue weighted by molar-refractivity contribution is 5.77. The van der Waals surface area contributed by atoms with Gasteiger partial charge >= 0.3 is 5.69 Å². The van der Waals surface area contributed by atoms with Crippen molar-refractivity contribution in [2.75, 3.05) is 6.61 Å². The molecule has 1 aromatic rings. The lowest BCUT2D eigenvalue weighted by atomic mass is 10.5. The van der Waals surface area contributed by atoms with Gasteiger partial charge in [-0.3, -0.25) is 14.6 Å². The number of aromatic amines is 2. The largest absolute Gasteiger partial charge is 0.479 e. The second kappa shape index (κ2) is 3.70. The van der Waals surface area contributed by atoms with Crippen LogP contribution in [0.1, 0.15) is 6.92 Å². The number of rotatable bonds is 3. The summed E-state index contributed by atoms with van der Waals surface area (Å²) in [5, 5.41) is 0. The molecule has 1 heterocycles. The van der Waals surface area contributed by atoms with Crippen molar-refractivity contribution < 1.29 is 9.53 Å². The van der Waals surface area contributed by atoms with Crippen molar-refractivity contribution in [3.8, 4) is 5.75 Å². The Balaban J connectivity index is 2.84. The van der Waals surface area contributed by atoms with Gasteiger partial charge in [-0.1, -0.05) is 0 Å². The van der Waals surface area contributed by atoms with E-state index in [-0.39, 0.29) is 18.1 Å². The number of hydrogen-bond acceptors (Lipinski definition) is 4. The Morgan fingerprint density at radius 2 is 2.23 bits per heavy atom. The Hall–Kier alpha value is -1.85. The van der Waals surface area contributed by atoms with Gasteiger partial charge in [0.15, 0.2) is 5.78 Å². The molecule has 2 N–H and O–H groups in total. The van der Waals surface area contributed by atoms with Crippen molar-refractivity contribution in [2.45, 2.75) is 6.92 Å². The standard InChI is InChI=1S/C7H8N2O4/c1-4(10)3-13-5-2-8-7(12)9-6(5)11/h2H,3H2,1H3,(H2,8,9,11,12). The van der Waals surface area contributed by atoms with Crippen LogP contribution in [0.15, 0.2) is 15.8 Å². The number of Topliss-reactive ketones (excluding diaryl/α,β-unsaturated/α-hetero) is 1. The van der Waals surface area contributed by atoms with Crippen molar-refractivity contribution in [3.63, 3.8) is 0 Å². The molecule has 0 spiro atoms. The molecule has 6 nitrogen and oxygen atoms in total. The van der Waals surface area contributed by atoms with E-state index >= 15 is 0 Å². The Bertz CT molecular complexity index is 417. The fourth-order valence-corrected chi connectivity index (χ4v) is 0.684. The first-order valence-corrected chi connectivity index (χ1v) is 3.54. The minimum absolute atomic E-state index is 0.0743. The molecule has 13 heavy (non-hydrogen) atoms. The molecular formula is C7H8N2O4. The minimum Gasteiger partial charge on any atom is -0.479 e. The summed E-state index contributed by atoms with van der Waals surface area (Å²) in [4.78, 5) is 36.2. The summed E-state index contributed by atoms with van der Waals surface area (Å²) in [6.07, 6.45) is 1.12. The van der Waals surface area contributed by atoms with Gasteiger partial charge in [-0.05, 0) is 6.92 Å². The molecule has 0 aliphatic heterocycles. The SMILES string of the molecule is CC(=O)COc1c[nH]c(=O)[nH]c1=O. The minimum atomic E-state index is -0.648. The Kier molecular flexibility index (Phi) is 2.63. The molecule has 0 aliphatic rings. The van der Waals surface area contributed by atoms with Crippen LogP contribution in [0.4, 0.5) is 0 Å². The van der Waals surface area contributed by atoms with Gasteiger partial charge in [0.2, 0.25) is 5.75 Å². The number of carbonyl (C=O) groups is 1. The van der Waals surface area contributed by atoms with Gasteiger partial charge < -0.3 is 9.72 Å². The van der Waals surface area contributed by atoms with Crippen LogP contribution < -0.4 is 16.0 Å². The van der Waals surface area contributed by atoms with Crippen LogP contribution in [-0.2, 0) is 4.79 Å². The van der Waals surface area contributed by atoms with Crippen LogP contribution in [0.3, 0.4) is 0 Å². The van der Waals surface area contributed by atoms with Crippen LogP contribution in [0.25, 0.3) is 0 Å². The number of aromatic nitrogens is 2. The van der Waals surface area contributed by atoms with Gasteiger partial charge in [-0.2, -0.15) is 0 Å². The third-order valence-electron chi connectivity index (χ3n) is 1.22. The van der Waals surface area contributed by atoms with E-state index in [0.717, 1.165) is 6.20 Å². The number of ketones is 1. The zero-order valence-corrected chi connectivity index (χ0v) is 6.92. The quantitative estimate of drug-likeness (QED) is 0.632. The third kappa shape index (κ3) is 2.58. The fraction of sp³-hybridized carbons (Fsp3) is 0.286. The lowest BCUT2D eigenvalue weighted by molar-refractivity contribution is -0.118. The molecular weight excluding hydrogens is 176 g/mol. The zero-order chi connectivity index (χ0) is 9.84. The van der Waals surface area contributed by atoms with Gasteiger partial charge in [0.25, 0.3) is 5.56 Å². The second-order valence-electron chi connectivity index (χ2n) is 2.43. The molecule has 0 radical (unpaired) electrons. The van der Waals surface area contributed by atoms with Gasteiger partial charge in [-0.25, -0.2) is 4.79 Å². The summed E-state index contributed by atoms with van der Waals surface area (Å²) < 4.78 is 4.79. The number of ether oxygens (including phenoxy) is 1. The lowest BCUT2D eigenvalue weighted by Gasteiger charge is -1.99. The summed E-state index contributed by atoms with van der Waals surface area (Å²) in [6, 6.07) is 0. The maximum Gasteiger partial charge on any atom is 0.325 e. The smallest absolute Gasteiger partial charge is 0.325 e. The molecule has 0 unspecified atom stereocenters. The topological polar surface area (TPSA) is 92.0 Å². The lowest BCUT2D eigenvalue weighted by Crippen LogP contribution is -2.24. The summed E-state index contributed by atoms with van der Waals surface area (Å²) >= 11 is 0. The first-order valence-electron chi connectivity index (χ1n) is 3.54. The Labute approximate surface area is 72.6 Å². The molecule has 1 rings (SSSR count). The van der Waals surface area contributed by atoms with E-state index in [0.29, 0.717) is 0 Å². The molecule has 6 heteroatoms. The second-order valence-corrected chi connectivity index (χ2v) is 2.43. The van der Waals surface area contributed by atoms with Crippen molar-refractivity contribution in [2.24, 2.45) is 0 Å². The predicted molar refractivity (Wildman–Crippen MR) is 43.9 cm³/mol. The van der Waals surface area contributed by atoms with Crippen molar-refractivity contribution in [1.82, 2.24) is 9.97 Å². The van der Waals surface area contributed by atoms with E-state index in [1.807, 2.05) is 4.98 Å². The van der Waals surface area contributed by atoms with Crippen molar-refractivity contribution >= 4 is 5.78 Å². The van der Waals surface area contributed by atoms with Gasteiger partial charge in [0.1, 0.15) is 6.61 Å². The van der Waals surface area contributed by atoms with Gasteiger partial charge in [-0.15, -0.1) is 0 Å². The van der Waals surface area contributed by atoms with Crippen molar-refractivity contribution in [3.05, 3.63) is 27.0 Å². The average Bonchev–Trinajstić information content (AvgIpc) is 2.02. The summed E-state index contributed by atoms with van der Waals surface area (Å²) in [5.74, 6) is -0.277. The van der Waals surface area contributed by atoms with Gasteiger partial charge in [0, 0.05) is 0 Å². The molecule has 0 atom stereocenters. The average molecular weight is 184 g/mol. The van der Waals surface area contributed by atoms with E-state index < -0.39 is 11.2 Å². The highest BCUT2D eigenvalue weighted by atomic mass is 16.5. The summed E-state index contributed by atoms with van der Waals surface area (Å²) in [5.41, 5.74) is -1.26. The number of nitrogens with one attached hydrogen (secondary N) is 2. The summed E-state index contributed by atoms with van der Waals surface area (Å²) in [6.45, 7) is 1.15. The Morgan fingerprint density at radius 3 is 2.77 bits per heavy atom. The Morgan fingerprint density at radius 1 is 1.54 bits per heavy atom. The van der Waals surface area contributed by atoms with Crippen LogP contribution in [-0.4, -0.2) is 22.4 Å². The van der Waals surface area contributed by atoms with Crippen LogP contribution in [0.5, 0.6) is 5.75 Å². The number of hydrogen-bond donors (Lipinski definition) is 2. The van der Waals surface area contributed by atoms with E-state index in [1.165, 1.54) is 6.92 Å². The first kappa shape index (κ1) is 9.24. The van der Waals surface area contributed by atoms with Crippen LogP contribution in [0.2, 0.25) is 0 Å². The van der Waals surface area contributed by atoms with Gasteiger partial charge in [0.05, 0.1) is 6.20 Å². The van der Waals surface area contributed by atoms with Crippen LogP contribution >= 0.6 is 0 Å². The molecule has 0 saturated heterocycles. The molecule has 0 aromatic carbocycles. The predicted octanol–water partition coefficient (Wildman–Crippen LogP) is -0.969.